The minimum Gasteiger partial charge on any atom is -0.457 e. The molecule has 0 aliphatic heterocycles. The third kappa shape index (κ3) is 3.85. The Hall–Kier alpha value is -2.99. The normalized spacial score (nSPS) is 11.3. The van der Waals surface area contributed by atoms with Gasteiger partial charge in [0.1, 0.15) is 11.5 Å². The highest BCUT2D eigenvalue weighted by atomic mass is 32.1. The molecule has 5 nitrogen and oxygen atoms in total. The summed E-state index contributed by atoms with van der Waals surface area (Å²) < 4.78 is 7.25. The number of hydrogen-bond donors (Lipinski definition) is 2. The third-order valence-electron chi connectivity index (χ3n) is 3.26. The molecular formula is C18H15N3O2S. The molecule has 0 saturated carbocycles. The van der Waals surface area contributed by atoms with Crippen molar-refractivity contribution in [3.05, 3.63) is 73.1 Å². The molecule has 0 aliphatic carbocycles. The molecule has 1 aromatic heterocycles. The molecule has 1 heterocycles. The lowest BCUT2D eigenvalue weighted by atomic mass is 10.1. The number of primary amides is 1. The van der Waals surface area contributed by atoms with Crippen molar-refractivity contribution >= 4 is 23.6 Å². The fourth-order valence-electron chi connectivity index (χ4n) is 2.13. The van der Waals surface area contributed by atoms with Crippen molar-refractivity contribution in [3.63, 3.8) is 0 Å². The van der Waals surface area contributed by atoms with Gasteiger partial charge in [0.25, 0.3) is 0 Å². The van der Waals surface area contributed by atoms with Gasteiger partial charge in [-0.1, -0.05) is 30.3 Å². The topological polar surface area (TPSA) is 70.1 Å². The smallest absolute Gasteiger partial charge is 0.244 e. The number of aromatic nitrogens is 2. The molecular weight excluding hydrogens is 322 g/mol. The van der Waals surface area contributed by atoms with Crippen LogP contribution in [0, 0.1) is 0 Å². The van der Waals surface area contributed by atoms with Crippen LogP contribution >= 0.6 is 12.6 Å². The van der Waals surface area contributed by atoms with Crippen LogP contribution in [0.2, 0.25) is 0 Å². The molecule has 0 bridgehead atoms. The van der Waals surface area contributed by atoms with Crippen molar-refractivity contribution in [1.29, 1.82) is 0 Å². The van der Waals surface area contributed by atoms with Crippen molar-refractivity contribution in [1.82, 2.24) is 9.78 Å². The molecule has 0 aliphatic rings. The fraction of sp³-hybridized carbons (Fsp3) is 0. The van der Waals surface area contributed by atoms with E-state index >= 15 is 0 Å². The number of thiol groups is 1. The Morgan fingerprint density at radius 1 is 1.04 bits per heavy atom. The van der Waals surface area contributed by atoms with Gasteiger partial charge in [0, 0.05) is 17.8 Å². The van der Waals surface area contributed by atoms with Crippen LogP contribution in [0.1, 0.15) is 0 Å². The number of nitrogens with zero attached hydrogens (tertiary/aromatic N) is 2. The Labute approximate surface area is 144 Å². The first-order valence-corrected chi connectivity index (χ1v) is 7.65. The van der Waals surface area contributed by atoms with Crippen LogP contribution in [0.5, 0.6) is 11.5 Å². The molecule has 0 saturated heterocycles. The summed E-state index contributed by atoms with van der Waals surface area (Å²) in [5.41, 5.74) is 6.98. The molecule has 24 heavy (non-hydrogen) atoms. The molecule has 0 radical (unpaired) electrons. The highest BCUT2D eigenvalue weighted by Crippen LogP contribution is 2.26. The fourth-order valence-corrected chi connectivity index (χ4v) is 2.37. The van der Waals surface area contributed by atoms with Gasteiger partial charge in [-0.25, -0.2) is 4.68 Å². The van der Waals surface area contributed by atoms with E-state index < -0.39 is 5.91 Å². The number of nitrogens with two attached hydrogens (primary N) is 1. The molecule has 0 spiro atoms. The summed E-state index contributed by atoms with van der Waals surface area (Å²) >= 11 is 4.20. The van der Waals surface area contributed by atoms with Crippen LogP contribution in [0.4, 0.5) is 0 Å². The van der Waals surface area contributed by atoms with Crippen LogP contribution in [0.25, 0.3) is 16.2 Å². The number of benzene rings is 2. The van der Waals surface area contributed by atoms with E-state index in [0.717, 1.165) is 22.6 Å². The number of ether oxygens (including phenoxy) is 1. The number of para-hydroxylation sites is 1. The summed E-state index contributed by atoms with van der Waals surface area (Å²) in [4.78, 5) is 10.9. The third-order valence-corrected chi connectivity index (χ3v) is 3.59. The maximum Gasteiger partial charge on any atom is 0.244 e. The summed E-state index contributed by atoms with van der Waals surface area (Å²) in [7, 11) is 0. The zero-order chi connectivity index (χ0) is 16.9. The van der Waals surface area contributed by atoms with Gasteiger partial charge in [-0.05, 0) is 29.8 Å². The largest absolute Gasteiger partial charge is 0.457 e. The maximum absolute atomic E-state index is 10.9. The molecule has 6 heteroatoms. The Bertz CT molecular complexity index is 871. The van der Waals surface area contributed by atoms with Crippen molar-refractivity contribution in [3.8, 4) is 22.6 Å². The van der Waals surface area contributed by atoms with E-state index in [1.165, 1.54) is 10.8 Å². The van der Waals surface area contributed by atoms with E-state index in [9.17, 15) is 4.79 Å². The zero-order valence-corrected chi connectivity index (χ0v) is 13.6. The minimum absolute atomic E-state index is 0.359. The average molecular weight is 337 g/mol. The van der Waals surface area contributed by atoms with Crippen LogP contribution in [-0.2, 0) is 4.79 Å². The van der Waals surface area contributed by atoms with E-state index in [2.05, 4.69) is 17.7 Å². The number of carbonyl (C=O) groups excluding carboxylic acids is 1. The zero-order valence-electron chi connectivity index (χ0n) is 12.7. The Morgan fingerprint density at radius 3 is 2.38 bits per heavy atom. The summed E-state index contributed by atoms with van der Waals surface area (Å²) in [6.45, 7) is 0. The SMILES string of the molecule is NC(=O)/C=C(\S)n1cc(-c2ccc(Oc3ccccc3)cc2)cn1. The number of hydrogen-bond acceptors (Lipinski definition) is 4. The van der Waals surface area contributed by atoms with E-state index in [-0.39, 0.29) is 0 Å². The number of rotatable bonds is 5. The van der Waals surface area contributed by atoms with Gasteiger partial charge in [-0.3, -0.25) is 4.79 Å². The standard InChI is InChI=1S/C18H15N3O2S/c19-17(22)10-18(24)21-12-14(11-20-21)13-6-8-16(9-7-13)23-15-4-2-1-3-5-15/h1-12,24H,(H2,19,22)/b18-10-. The Morgan fingerprint density at radius 2 is 1.71 bits per heavy atom. The van der Waals surface area contributed by atoms with Gasteiger partial charge in [-0.2, -0.15) is 5.10 Å². The van der Waals surface area contributed by atoms with Gasteiger partial charge >= 0.3 is 0 Å². The summed E-state index contributed by atoms with van der Waals surface area (Å²) in [6, 6.07) is 17.2. The van der Waals surface area contributed by atoms with E-state index in [0.29, 0.717) is 5.03 Å². The Kier molecular flexibility index (Phi) is 4.67. The summed E-state index contributed by atoms with van der Waals surface area (Å²) in [6.07, 6.45) is 4.67. The number of carbonyl (C=O) groups is 1. The molecule has 2 N–H and O–H groups in total. The van der Waals surface area contributed by atoms with Crippen molar-refractivity contribution in [2.24, 2.45) is 5.73 Å². The molecule has 0 fully saturated rings. The molecule has 3 rings (SSSR count). The van der Waals surface area contributed by atoms with E-state index in [1.54, 1.807) is 12.4 Å². The lowest BCUT2D eigenvalue weighted by molar-refractivity contribution is -0.113. The number of amides is 1. The van der Waals surface area contributed by atoms with Gasteiger partial charge in [0.15, 0.2) is 0 Å². The first-order chi connectivity index (χ1) is 11.6. The highest BCUT2D eigenvalue weighted by molar-refractivity contribution is 7.90. The lowest BCUT2D eigenvalue weighted by Crippen LogP contribution is -2.07. The first-order valence-electron chi connectivity index (χ1n) is 7.20. The predicted molar refractivity (Wildman–Crippen MR) is 96.6 cm³/mol. The quantitative estimate of drug-likeness (QED) is 0.552. The van der Waals surface area contributed by atoms with Crippen molar-refractivity contribution < 1.29 is 9.53 Å². The molecule has 0 unspecified atom stereocenters. The molecule has 120 valence electrons. The van der Waals surface area contributed by atoms with Gasteiger partial charge in [0.2, 0.25) is 5.91 Å². The van der Waals surface area contributed by atoms with Crippen molar-refractivity contribution in [2.45, 2.75) is 0 Å². The first kappa shape index (κ1) is 15.9. The monoisotopic (exact) mass is 337 g/mol. The second kappa shape index (κ2) is 7.06. The molecule has 3 aromatic rings. The Balaban J connectivity index is 1.76. The predicted octanol–water partition coefficient (Wildman–Crippen LogP) is 3.56. The maximum atomic E-state index is 10.9. The van der Waals surface area contributed by atoms with Crippen molar-refractivity contribution in [2.75, 3.05) is 0 Å². The summed E-state index contributed by atoms with van der Waals surface area (Å²) in [5, 5.41) is 4.53. The van der Waals surface area contributed by atoms with E-state index in [4.69, 9.17) is 10.5 Å². The van der Waals surface area contributed by atoms with E-state index in [1.807, 2.05) is 54.6 Å². The second-order valence-corrected chi connectivity index (χ2v) is 5.48. The molecule has 0 atom stereocenters. The summed E-state index contributed by atoms with van der Waals surface area (Å²) in [5.74, 6) is 0.967. The van der Waals surface area contributed by atoms with Gasteiger partial charge in [0.05, 0.1) is 11.2 Å². The lowest BCUT2D eigenvalue weighted by Gasteiger charge is -2.06. The minimum atomic E-state index is -0.570. The highest BCUT2D eigenvalue weighted by Gasteiger charge is 2.05. The van der Waals surface area contributed by atoms with Crippen LogP contribution in [0.15, 0.2) is 73.1 Å². The van der Waals surface area contributed by atoms with Crippen LogP contribution in [0.3, 0.4) is 0 Å². The molecule has 1 amide bonds. The average Bonchev–Trinajstić information content (AvgIpc) is 3.06. The van der Waals surface area contributed by atoms with Gasteiger partial charge < -0.3 is 10.5 Å². The van der Waals surface area contributed by atoms with Crippen LogP contribution in [-0.4, -0.2) is 15.7 Å². The van der Waals surface area contributed by atoms with Gasteiger partial charge in [-0.15, -0.1) is 12.6 Å². The second-order valence-electron chi connectivity index (χ2n) is 5.02. The van der Waals surface area contributed by atoms with Crippen LogP contribution < -0.4 is 10.5 Å². The molecule has 2 aromatic carbocycles.